The molecule has 2 aromatic carbocycles. The minimum Gasteiger partial charge on any atom is -0.493 e. The van der Waals surface area contributed by atoms with Crippen LogP contribution in [0.4, 0.5) is 0 Å². The first kappa shape index (κ1) is 24.9. The number of allylic oxidation sites excluding steroid dienone is 1. The lowest BCUT2D eigenvalue weighted by molar-refractivity contribution is -0.139. The van der Waals surface area contributed by atoms with Crippen LogP contribution in [0.15, 0.2) is 63.5 Å². The summed E-state index contributed by atoms with van der Waals surface area (Å²) >= 11 is 1.18. The predicted octanol–water partition coefficient (Wildman–Crippen LogP) is 2.51. The lowest BCUT2D eigenvalue weighted by atomic mass is 9.95. The van der Waals surface area contributed by atoms with Crippen molar-refractivity contribution in [2.75, 3.05) is 20.8 Å². The van der Waals surface area contributed by atoms with E-state index in [0.717, 1.165) is 0 Å². The number of carboxylic acids is 1. The summed E-state index contributed by atoms with van der Waals surface area (Å²) in [6, 6.07) is 10.6. The fourth-order valence-electron chi connectivity index (χ4n) is 4.00. The largest absolute Gasteiger partial charge is 0.493 e. The molecular formula is C26H24N2O7S. The number of methoxy groups -OCH3 is 2. The van der Waals surface area contributed by atoms with Crippen molar-refractivity contribution in [3.63, 3.8) is 0 Å². The second-order valence-electron chi connectivity index (χ2n) is 7.84. The maximum atomic E-state index is 13.6. The second kappa shape index (κ2) is 10.2. The van der Waals surface area contributed by atoms with Crippen LogP contribution in [0.2, 0.25) is 0 Å². The Labute approximate surface area is 210 Å². The molecule has 0 aliphatic carbocycles. The van der Waals surface area contributed by atoms with Gasteiger partial charge in [-0.2, -0.15) is 0 Å². The quantitative estimate of drug-likeness (QED) is 0.488. The Hall–Kier alpha value is -4.18. The number of esters is 1. The molecule has 186 valence electrons. The highest BCUT2D eigenvalue weighted by Gasteiger charge is 2.33. The van der Waals surface area contributed by atoms with Crippen LogP contribution in [0.3, 0.4) is 0 Å². The number of hydrogen-bond acceptors (Lipinski definition) is 8. The molecule has 1 N–H and O–H groups in total. The van der Waals surface area contributed by atoms with Gasteiger partial charge in [-0.3, -0.25) is 9.36 Å². The molecule has 3 aromatic rings. The molecular weight excluding hydrogens is 484 g/mol. The molecule has 0 saturated heterocycles. The zero-order chi connectivity index (χ0) is 26.0. The van der Waals surface area contributed by atoms with E-state index >= 15 is 0 Å². The van der Waals surface area contributed by atoms with Gasteiger partial charge in [0.25, 0.3) is 5.56 Å². The van der Waals surface area contributed by atoms with E-state index in [4.69, 9.17) is 19.3 Å². The molecule has 0 saturated carbocycles. The normalized spacial score (nSPS) is 15.2. The van der Waals surface area contributed by atoms with Gasteiger partial charge in [0.2, 0.25) is 0 Å². The molecule has 2 heterocycles. The first-order valence-corrected chi connectivity index (χ1v) is 11.9. The highest BCUT2D eigenvalue weighted by molar-refractivity contribution is 7.07. The predicted molar refractivity (Wildman–Crippen MR) is 133 cm³/mol. The van der Waals surface area contributed by atoms with Crippen LogP contribution in [0, 0.1) is 0 Å². The van der Waals surface area contributed by atoms with Gasteiger partial charge in [-0.25, -0.2) is 14.6 Å². The number of carboxylic acid groups (broad SMARTS) is 1. The van der Waals surface area contributed by atoms with Crippen LogP contribution >= 0.6 is 11.3 Å². The minimum atomic E-state index is -1.03. The molecule has 1 aliphatic rings. The molecule has 0 radical (unpaired) electrons. The van der Waals surface area contributed by atoms with E-state index in [2.05, 4.69) is 4.99 Å². The van der Waals surface area contributed by atoms with Crippen molar-refractivity contribution in [1.29, 1.82) is 0 Å². The van der Waals surface area contributed by atoms with Gasteiger partial charge in [0.15, 0.2) is 16.3 Å². The van der Waals surface area contributed by atoms with Crippen molar-refractivity contribution in [3.05, 3.63) is 90.1 Å². The lowest BCUT2D eigenvalue weighted by Crippen LogP contribution is -2.39. The Morgan fingerprint density at radius 2 is 1.81 bits per heavy atom. The molecule has 1 aliphatic heterocycles. The number of carbonyl (C=O) groups excluding carboxylic acids is 1. The van der Waals surface area contributed by atoms with Crippen LogP contribution in [0.1, 0.15) is 41.4 Å². The molecule has 1 atom stereocenters. The van der Waals surface area contributed by atoms with Crippen LogP contribution in [0.5, 0.6) is 11.5 Å². The van der Waals surface area contributed by atoms with E-state index in [-0.39, 0.29) is 23.3 Å². The molecule has 1 aromatic heterocycles. The number of hydrogen-bond donors (Lipinski definition) is 1. The summed E-state index contributed by atoms with van der Waals surface area (Å²) in [5.41, 5.74) is 1.81. The summed E-state index contributed by atoms with van der Waals surface area (Å²) in [7, 11) is 3.04. The van der Waals surface area contributed by atoms with Crippen molar-refractivity contribution >= 4 is 29.4 Å². The summed E-state index contributed by atoms with van der Waals surface area (Å²) in [6.07, 6.45) is 1.67. The van der Waals surface area contributed by atoms with Crippen molar-refractivity contribution in [3.8, 4) is 11.5 Å². The maximum Gasteiger partial charge on any atom is 0.338 e. The number of nitrogens with zero attached hydrogens (tertiary/aromatic N) is 2. The van der Waals surface area contributed by atoms with Crippen LogP contribution in [-0.4, -0.2) is 42.4 Å². The standard InChI is InChI=1S/C26H24N2O7S/c1-5-35-25(32)21-14(2)27-26-28(22(21)17-10-11-18(33-3)19(13-17)34-4)23(29)20(36-26)12-15-6-8-16(9-7-15)24(30)31/h6-13,22H,5H2,1-4H3,(H,30,31)/b20-12-. The van der Waals surface area contributed by atoms with Gasteiger partial charge < -0.3 is 19.3 Å². The van der Waals surface area contributed by atoms with Gasteiger partial charge in [-0.05, 0) is 55.3 Å². The summed E-state index contributed by atoms with van der Waals surface area (Å²) < 4.78 is 18.0. The summed E-state index contributed by atoms with van der Waals surface area (Å²) in [6.45, 7) is 3.59. The third kappa shape index (κ3) is 4.55. The Morgan fingerprint density at radius 3 is 2.42 bits per heavy atom. The van der Waals surface area contributed by atoms with E-state index in [1.165, 1.54) is 42.3 Å². The van der Waals surface area contributed by atoms with E-state index in [1.807, 2.05) is 0 Å². The van der Waals surface area contributed by atoms with Gasteiger partial charge in [-0.15, -0.1) is 0 Å². The SMILES string of the molecule is CCOC(=O)C1=C(C)N=c2s/c(=C\c3ccc(C(=O)O)cc3)c(=O)n2C1c1ccc(OC)c(OC)c1. The van der Waals surface area contributed by atoms with Gasteiger partial charge in [0.05, 0.1) is 48.2 Å². The molecule has 0 spiro atoms. The molecule has 1 unspecified atom stereocenters. The monoisotopic (exact) mass is 508 g/mol. The van der Waals surface area contributed by atoms with E-state index < -0.39 is 18.0 Å². The maximum absolute atomic E-state index is 13.6. The number of aromatic carboxylic acids is 1. The smallest absolute Gasteiger partial charge is 0.338 e. The van der Waals surface area contributed by atoms with Crippen molar-refractivity contribution < 1.29 is 28.9 Å². The molecule has 4 rings (SSSR count). The number of rotatable bonds is 7. The average Bonchev–Trinajstić information content (AvgIpc) is 3.17. The fourth-order valence-corrected chi connectivity index (χ4v) is 5.05. The molecule has 0 amide bonds. The Morgan fingerprint density at radius 1 is 1.11 bits per heavy atom. The number of fused-ring (bicyclic) bond motifs is 1. The molecule has 0 bridgehead atoms. The Balaban J connectivity index is 1.93. The third-order valence-electron chi connectivity index (χ3n) is 5.70. The summed E-state index contributed by atoms with van der Waals surface area (Å²) in [5.74, 6) is -0.625. The zero-order valence-electron chi connectivity index (χ0n) is 20.1. The minimum absolute atomic E-state index is 0.150. The zero-order valence-corrected chi connectivity index (χ0v) is 20.9. The molecule has 36 heavy (non-hydrogen) atoms. The molecule has 0 fully saturated rings. The summed E-state index contributed by atoms with van der Waals surface area (Å²) in [5, 5.41) is 9.13. The van der Waals surface area contributed by atoms with Gasteiger partial charge in [0.1, 0.15) is 0 Å². The van der Waals surface area contributed by atoms with E-state index in [9.17, 15) is 14.4 Å². The summed E-state index contributed by atoms with van der Waals surface area (Å²) in [4.78, 5) is 42.8. The van der Waals surface area contributed by atoms with Crippen molar-refractivity contribution in [2.45, 2.75) is 19.9 Å². The first-order valence-electron chi connectivity index (χ1n) is 11.0. The van der Waals surface area contributed by atoms with Crippen molar-refractivity contribution in [2.24, 2.45) is 4.99 Å². The van der Waals surface area contributed by atoms with Gasteiger partial charge in [0, 0.05) is 0 Å². The fraction of sp³-hybridized carbons (Fsp3) is 0.231. The van der Waals surface area contributed by atoms with E-state index in [1.54, 1.807) is 50.3 Å². The van der Waals surface area contributed by atoms with Gasteiger partial charge >= 0.3 is 11.9 Å². The van der Waals surface area contributed by atoms with Crippen LogP contribution < -0.4 is 24.4 Å². The average molecular weight is 509 g/mol. The molecule has 10 heteroatoms. The molecule has 9 nitrogen and oxygen atoms in total. The number of aromatic nitrogens is 1. The number of benzene rings is 2. The highest BCUT2D eigenvalue weighted by atomic mass is 32.1. The number of ether oxygens (including phenoxy) is 3. The van der Waals surface area contributed by atoms with E-state index in [0.29, 0.717) is 37.7 Å². The third-order valence-corrected chi connectivity index (χ3v) is 6.68. The topological polar surface area (TPSA) is 116 Å². The second-order valence-corrected chi connectivity index (χ2v) is 8.85. The Bertz CT molecular complexity index is 1550. The van der Waals surface area contributed by atoms with Crippen LogP contribution in [0.25, 0.3) is 6.08 Å². The first-order chi connectivity index (χ1) is 17.3. The van der Waals surface area contributed by atoms with Gasteiger partial charge in [-0.1, -0.05) is 29.5 Å². The number of carbonyl (C=O) groups is 2. The Kier molecular flexibility index (Phi) is 7.07. The lowest BCUT2D eigenvalue weighted by Gasteiger charge is -2.25. The van der Waals surface area contributed by atoms with Crippen LogP contribution in [-0.2, 0) is 9.53 Å². The highest BCUT2D eigenvalue weighted by Crippen LogP contribution is 2.36. The van der Waals surface area contributed by atoms with Crippen molar-refractivity contribution in [1.82, 2.24) is 4.57 Å². The number of thiazole rings is 1.